The fourth-order valence-electron chi connectivity index (χ4n) is 5.13. The van der Waals surface area contributed by atoms with Crippen LogP contribution in [0.3, 0.4) is 0 Å². The van der Waals surface area contributed by atoms with Gasteiger partial charge in [-0.05, 0) is 57.3 Å². The quantitative estimate of drug-likeness (QED) is 0.0774. The lowest BCUT2D eigenvalue weighted by molar-refractivity contribution is -0.137. The van der Waals surface area contributed by atoms with E-state index in [1.807, 2.05) is 20.8 Å². The summed E-state index contributed by atoms with van der Waals surface area (Å²) in [6.07, 6.45) is -1.41. The van der Waals surface area contributed by atoms with Crippen molar-refractivity contribution in [2.75, 3.05) is 71.6 Å². The minimum atomic E-state index is -4.22. The van der Waals surface area contributed by atoms with Gasteiger partial charge in [-0.1, -0.05) is 44.5 Å². The van der Waals surface area contributed by atoms with Crippen molar-refractivity contribution in [3.8, 4) is 23.0 Å². The van der Waals surface area contributed by atoms with E-state index >= 15 is 4.39 Å². The predicted octanol–water partition coefficient (Wildman–Crippen LogP) is 7.76. The summed E-state index contributed by atoms with van der Waals surface area (Å²) in [5.41, 5.74) is 0.750. The number of aromatic nitrogens is 1. The minimum Gasteiger partial charge on any atom is -0.493 e. The van der Waals surface area contributed by atoms with Crippen molar-refractivity contribution in [1.29, 1.82) is 0 Å². The first-order valence-corrected chi connectivity index (χ1v) is 17.4. The number of benzene rings is 3. The average molecular weight is 745 g/mol. The van der Waals surface area contributed by atoms with E-state index in [9.17, 15) is 22.8 Å². The molecule has 1 aliphatic heterocycles. The molecule has 0 atom stereocenters. The van der Waals surface area contributed by atoms with E-state index in [4.69, 9.17) is 18.9 Å². The number of likely N-dealkylation sites (N-methyl/N-ethyl adjacent to an activating group) is 1. The van der Waals surface area contributed by atoms with Crippen molar-refractivity contribution >= 4 is 28.9 Å². The molecule has 0 spiro atoms. The maximum Gasteiger partial charge on any atom is 0.416 e. The van der Waals surface area contributed by atoms with Gasteiger partial charge >= 0.3 is 6.18 Å². The van der Waals surface area contributed by atoms with Crippen molar-refractivity contribution in [3.63, 3.8) is 0 Å². The van der Waals surface area contributed by atoms with E-state index in [0.29, 0.717) is 53.3 Å². The second-order valence-electron chi connectivity index (χ2n) is 11.8. The summed E-state index contributed by atoms with van der Waals surface area (Å²) in [7, 11) is 3.31. The Morgan fingerprint density at radius 1 is 1.00 bits per heavy atom. The molecule has 5 rings (SSSR count). The zero-order chi connectivity index (χ0) is 39.0. The lowest BCUT2D eigenvalue weighted by atomic mass is 10.1. The van der Waals surface area contributed by atoms with Gasteiger partial charge in [0.2, 0.25) is 12.3 Å². The molecule has 288 valence electrons. The molecule has 53 heavy (non-hydrogen) atoms. The first-order chi connectivity index (χ1) is 25.4. The molecular formula is C39H48F4N4O6. The van der Waals surface area contributed by atoms with Gasteiger partial charge in [-0.25, -0.2) is 4.39 Å². The Hall–Kier alpha value is -4.79. The molecule has 1 aromatic heterocycles. The SMILES string of the molecule is CC.CCN(C)CC(=O)N(C=O)c1ccc(Oc2ccnc3cc(OCCCN4CCOCC4)c(OC)cc23)c(F)c1.Cc1cccc(C(F)(F)F)c1. The van der Waals surface area contributed by atoms with E-state index in [1.54, 1.807) is 56.4 Å². The number of nitrogens with zero attached hydrogens (tertiary/aromatic N) is 4. The molecular weight excluding hydrogens is 696 g/mol. The molecule has 1 saturated heterocycles. The predicted molar refractivity (Wildman–Crippen MR) is 196 cm³/mol. The lowest BCUT2D eigenvalue weighted by Gasteiger charge is -2.26. The number of hydrogen-bond donors (Lipinski definition) is 0. The van der Waals surface area contributed by atoms with Gasteiger partial charge in [-0.2, -0.15) is 13.2 Å². The molecule has 0 N–H and O–H groups in total. The fraction of sp³-hybridized carbons (Fsp3) is 0.410. The third-order valence-corrected chi connectivity index (χ3v) is 8.04. The van der Waals surface area contributed by atoms with Crippen LogP contribution in [0.1, 0.15) is 38.3 Å². The number of rotatable bonds is 13. The average Bonchev–Trinajstić information content (AvgIpc) is 3.15. The maximum absolute atomic E-state index is 15.1. The van der Waals surface area contributed by atoms with Gasteiger partial charge < -0.3 is 18.9 Å². The minimum absolute atomic E-state index is 0.0273. The molecule has 0 aliphatic carbocycles. The number of fused-ring (bicyclic) bond motifs is 1. The van der Waals surface area contributed by atoms with Crippen molar-refractivity contribution < 1.29 is 46.1 Å². The zero-order valence-corrected chi connectivity index (χ0v) is 31.0. The van der Waals surface area contributed by atoms with Crippen LogP contribution in [0.4, 0.5) is 23.2 Å². The Morgan fingerprint density at radius 3 is 2.34 bits per heavy atom. The van der Waals surface area contributed by atoms with Gasteiger partial charge in [0.25, 0.3) is 0 Å². The van der Waals surface area contributed by atoms with E-state index < -0.39 is 23.5 Å². The van der Waals surface area contributed by atoms with E-state index in [0.717, 1.165) is 62.4 Å². The summed E-state index contributed by atoms with van der Waals surface area (Å²) in [4.78, 5) is 33.5. The van der Waals surface area contributed by atoms with Gasteiger partial charge in [-0.3, -0.25) is 29.3 Å². The number of imide groups is 1. The van der Waals surface area contributed by atoms with Crippen LogP contribution in [0, 0.1) is 12.7 Å². The number of methoxy groups -OCH3 is 1. The third kappa shape index (κ3) is 12.7. The second-order valence-corrected chi connectivity index (χ2v) is 11.8. The molecule has 0 saturated carbocycles. The number of pyridine rings is 1. The number of morpholine rings is 1. The van der Waals surface area contributed by atoms with E-state index in [1.165, 1.54) is 18.2 Å². The number of carbonyl (C=O) groups is 2. The Labute approximate surface area is 308 Å². The van der Waals surface area contributed by atoms with E-state index in [2.05, 4.69) is 9.88 Å². The summed E-state index contributed by atoms with van der Waals surface area (Å²) < 4.78 is 73.9. The highest BCUT2D eigenvalue weighted by Gasteiger charge is 2.30. The van der Waals surface area contributed by atoms with Crippen molar-refractivity contribution in [3.05, 3.63) is 83.8 Å². The third-order valence-electron chi connectivity index (χ3n) is 8.04. The number of aryl methyl sites for hydroxylation is 1. The summed E-state index contributed by atoms with van der Waals surface area (Å²) in [5, 5.41) is 0.607. The Bertz CT molecular complexity index is 1770. The molecule has 0 unspecified atom stereocenters. The molecule has 0 bridgehead atoms. The zero-order valence-electron chi connectivity index (χ0n) is 31.0. The van der Waals surface area contributed by atoms with Crippen LogP contribution in [0.15, 0.2) is 66.9 Å². The topological polar surface area (TPSA) is 93.7 Å². The second kappa shape index (κ2) is 21.0. The molecule has 3 aromatic carbocycles. The highest BCUT2D eigenvalue weighted by Crippen LogP contribution is 2.38. The molecule has 1 fully saturated rings. The molecule has 14 heteroatoms. The van der Waals surface area contributed by atoms with Crippen molar-refractivity contribution in [2.24, 2.45) is 0 Å². The Kier molecular flexibility index (Phi) is 16.9. The normalized spacial score (nSPS) is 13.0. The molecule has 4 aromatic rings. The number of amides is 2. The molecule has 2 amide bonds. The highest BCUT2D eigenvalue weighted by atomic mass is 19.4. The van der Waals surface area contributed by atoms with Crippen LogP contribution in [-0.2, 0) is 20.5 Å². The smallest absolute Gasteiger partial charge is 0.416 e. The van der Waals surface area contributed by atoms with Crippen LogP contribution in [0.5, 0.6) is 23.0 Å². The van der Waals surface area contributed by atoms with Crippen molar-refractivity contribution in [2.45, 2.75) is 40.3 Å². The number of alkyl halides is 3. The van der Waals surface area contributed by atoms with Crippen LogP contribution < -0.4 is 19.1 Å². The Morgan fingerprint density at radius 2 is 1.74 bits per heavy atom. The summed E-state index contributed by atoms with van der Waals surface area (Å²) >= 11 is 0. The van der Waals surface area contributed by atoms with Gasteiger partial charge in [0, 0.05) is 43.4 Å². The monoisotopic (exact) mass is 744 g/mol. The highest BCUT2D eigenvalue weighted by molar-refractivity contribution is 6.07. The van der Waals surface area contributed by atoms with Crippen LogP contribution in [0.2, 0.25) is 0 Å². The Balaban J connectivity index is 0.000000494. The summed E-state index contributed by atoms with van der Waals surface area (Å²) in [6, 6.07) is 14.3. The van der Waals surface area contributed by atoms with Crippen LogP contribution in [0.25, 0.3) is 10.9 Å². The van der Waals surface area contributed by atoms with Crippen LogP contribution >= 0.6 is 0 Å². The van der Waals surface area contributed by atoms with Gasteiger partial charge in [0.1, 0.15) is 5.75 Å². The summed E-state index contributed by atoms with van der Waals surface area (Å²) in [6.45, 7) is 13.0. The maximum atomic E-state index is 15.1. The molecule has 0 radical (unpaired) electrons. The lowest BCUT2D eigenvalue weighted by Crippen LogP contribution is -2.38. The number of ether oxygens (including phenoxy) is 4. The number of carbonyl (C=O) groups excluding carboxylic acids is 2. The van der Waals surface area contributed by atoms with Gasteiger partial charge in [0.15, 0.2) is 23.1 Å². The first kappa shape index (κ1) is 42.6. The molecule has 10 nitrogen and oxygen atoms in total. The van der Waals surface area contributed by atoms with Crippen LogP contribution in [-0.4, -0.2) is 93.8 Å². The molecule has 2 heterocycles. The summed E-state index contributed by atoms with van der Waals surface area (Å²) in [5.74, 6) is 0.176. The molecule has 1 aliphatic rings. The fourth-order valence-corrected chi connectivity index (χ4v) is 5.13. The van der Waals surface area contributed by atoms with E-state index in [-0.39, 0.29) is 18.0 Å². The number of hydrogen-bond acceptors (Lipinski definition) is 9. The van der Waals surface area contributed by atoms with Gasteiger partial charge in [-0.15, -0.1) is 0 Å². The first-order valence-electron chi connectivity index (χ1n) is 17.4. The van der Waals surface area contributed by atoms with Crippen molar-refractivity contribution in [1.82, 2.24) is 14.8 Å². The number of anilines is 1. The van der Waals surface area contributed by atoms with Gasteiger partial charge in [0.05, 0.1) is 50.2 Å². The largest absolute Gasteiger partial charge is 0.493 e. The standard InChI is InChI=1S/C29H35FN4O6.C8H7F3.C2H6/c1-4-32(2)19-29(36)34(20-35)21-6-7-26(23(30)16-21)40-25-8-9-31-24-18-28(27(37-3)17-22(24)25)39-13-5-10-33-11-14-38-15-12-33;1-6-3-2-4-7(5-6)8(9,10)11;1-2/h6-9,16-18,20H,4-5,10-15,19H2,1-3H3;2-5H,1H3;1-2H3. The number of halogens is 4.